The summed E-state index contributed by atoms with van der Waals surface area (Å²) in [7, 11) is 1.53. The number of likely N-dealkylation sites (N-methyl/N-ethyl adjacent to an activating group) is 1. The lowest BCUT2D eigenvalue weighted by molar-refractivity contribution is -0.138. The van der Waals surface area contributed by atoms with Gasteiger partial charge in [0.05, 0.1) is 11.0 Å². The lowest BCUT2D eigenvalue weighted by atomic mass is 10.1. The standard InChI is InChI=1S/C27H31N7O7/c1-16(24(37)38)29-26(39)41-15-17-7-5-8-18(13-17)30-22(35)14-34-23(36)21(33(2)27(34)40)11-6-12-28-25-31-19-9-3-4-10-20(19)32-25/h3-5,7-10,13,16,21H,6,11-12,14-15H2,1-2H3,(H,29,39)(H,30,35)(H,37,38)(H2,28,31,32). The first-order valence-corrected chi connectivity index (χ1v) is 12.9. The van der Waals surface area contributed by atoms with E-state index in [1.165, 1.54) is 18.9 Å². The second kappa shape index (κ2) is 12.8. The van der Waals surface area contributed by atoms with Gasteiger partial charge in [-0.2, -0.15) is 0 Å². The van der Waals surface area contributed by atoms with E-state index in [-0.39, 0.29) is 6.61 Å². The molecule has 2 aromatic carbocycles. The number of urea groups is 1. The number of imide groups is 1. The number of anilines is 2. The number of alkyl carbamates (subject to hydrolysis) is 1. The van der Waals surface area contributed by atoms with Gasteiger partial charge in [-0.25, -0.2) is 14.6 Å². The van der Waals surface area contributed by atoms with Crippen molar-refractivity contribution in [2.24, 2.45) is 0 Å². The summed E-state index contributed by atoms with van der Waals surface area (Å²) >= 11 is 0. The lowest BCUT2D eigenvalue weighted by Gasteiger charge is -2.15. The maximum absolute atomic E-state index is 13.0. The van der Waals surface area contributed by atoms with Crippen LogP contribution in [0.15, 0.2) is 48.5 Å². The van der Waals surface area contributed by atoms with Crippen LogP contribution in [0, 0.1) is 0 Å². The number of carboxylic acids is 1. The van der Waals surface area contributed by atoms with E-state index >= 15 is 0 Å². The van der Waals surface area contributed by atoms with Crippen LogP contribution in [0.2, 0.25) is 0 Å². The molecule has 5 amide bonds. The number of carboxylic acid groups (broad SMARTS) is 1. The molecule has 1 saturated heterocycles. The van der Waals surface area contributed by atoms with Crippen molar-refractivity contribution in [2.45, 2.75) is 38.5 Å². The Bertz CT molecular complexity index is 1420. The number of ether oxygens (including phenoxy) is 1. The molecule has 0 spiro atoms. The van der Waals surface area contributed by atoms with E-state index in [1.807, 2.05) is 24.3 Å². The van der Waals surface area contributed by atoms with Gasteiger partial charge in [0.2, 0.25) is 11.9 Å². The molecule has 5 N–H and O–H groups in total. The molecule has 0 saturated carbocycles. The Morgan fingerprint density at radius 3 is 2.68 bits per heavy atom. The van der Waals surface area contributed by atoms with Crippen molar-refractivity contribution in [3.05, 3.63) is 54.1 Å². The van der Waals surface area contributed by atoms with E-state index in [2.05, 4.69) is 25.9 Å². The number of hydrogen-bond donors (Lipinski definition) is 5. The molecule has 0 aliphatic carbocycles. The molecule has 14 nitrogen and oxygen atoms in total. The fraction of sp³-hybridized carbons (Fsp3) is 0.333. The number of nitrogens with one attached hydrogen (secondary N) is 4. The Hall–Kier alpha value is -5.14. The molecule has 0 bridgehead atoms. The molecule has 216 valence electrons. The maximum atomic E-state index is 13.0. The summed E-state index contributed by atoms with van der Waals surface area (Å²) < 4.78 is 5.01. The van der Waals surface area contributed by atoms with Gasteiger partial charge in [-0.05, 0) is 49.6 Å². The van der Waals surface area contributed by atoms with Crippen LogP contribution in [0.5, 0.6) is 0 Å². The van der Waals surface area contributed by atoms with Crippen LogP contribution >= 0.6 is 0 Å². The number of rotatable bonds is 12. The van der Waals surface area contributed by atoms with Gasteiger partial charge in [-0.15, -0.1) is 0 Å². The largest absolute Gasteiger partial charge is 0.480 e. The first kappa shape index (κ1) is 28.9. The molecule has 1 aliphatic rings. The number of nitrogens with zero attached hydrogens (tertiary/aromatic N) is 3. The molecule has 2 heterocycles. The highest BCUT2D eigenvalue weighted by molar-refractivity contribution is 6.07. The summed E-state index contributed by atoms with van der Waals surface area (Å²) in [5.41, 5.74) is 2.66. The van der Waals surface area contributed by atoms with Crippen molar-refractivity contribution in [2.75, 3.05) is 30.8 Å². The van der Waals surface area contributed by atoms with Crippen LogP contribution in [0.1, 0.15) is 25.3 Å². The first-order chi connectivity index (χ1) is 19.6. The molecule has 1 aliphatic heterocycles. The van der Waals surface area contributed by atoms with Crippen LogP contribution in [0.4, 0.5) is 21.2 Å². The number of para-hydroxylation sites is 2. The van der Waals surface area contributed by atoms with Crippen molar-refractivity contribution < 1.29 is 33.8 Å². The Morgan fingerprint density at radius 1 is 1.15 bits per heavy atom. The van der Waals surface area contributed by atoms with Crippen LogP contribution in [0.3, 0.4) is 0 Å². The van der Waals surface area contributed by atoms with Crippen LogP contribution in [-0.2, 0) is 25.7 Å². The van der Waals surface area contributed by atoms with E-state index in [0.717, 1.165) is 15.9 Å². The minimum atomic E-state index is -1.20. The molecule has 2 unspecified atom stereocenters. The molecule has 14 heteroatoms. The Labute approximate surface area is 235 Å². The van der Waals surface area contributed by atoms with E-state index in [9.17, 15) is 24.0 Å². The molecule has 4 rings (SSSR count). The highest BCUT2D eigenvalue weighted by atomic mass is 16.5. The minimum absolute atomic E-state index is 0.164. The average Bonchev–Trinajstić information content (AvgIpc) is 3.44. The van der Waals surface area contributed by atoms with E-state index < -0.39 is 48.5 Å². The van der Waals surface area contributed by atoms with Gasteiger partial charge in [0.25, 0.3) is 5.91 Å². The Morgan fingerprint density at radius 2 is 1.93 bits per heavy atom. The Balaban J connectivity index is 1.24. The third-order valence-electron chi connectivity index (χ3n) is 6.47. The molecule has 41 heavy (non-hydrogen) atoms. The first-order valence-electron chi connectivity index (χ1n) is 12.9. The number of carbonyl (C=O) groups excluding carboxylic acids is 4. The average molecular weight is 566 g/mol. The van der Waals surface area contributed by atoms with Gasteiger partial charge in [0.15, 0.2) is 0 Å². The van der Waals surface area contributed by atoms with Crippen molar-refractivity contribution in [1.82, 2.24) is 25.1 Å². The highest BCUT2D eigenvalue weighted by Gasteiger charge is 2.43. The van der Waals surface area contributed by atoms with Gasteiger partial charge >= 0.3 is 18.1 Å². The summed E-state index contributed by atoms with van der Waals surface area (Å²) in [6.07, 6.45) is 0.102. The van der Waals surface area contributed by atoms with Gasteiger partial charge < -0.3 is 35.7 Å². The predicted molar refractivity (Wildman–Crippen MR) is 148 cm³/mol. The summed E-state index contributed by atoms with van der Waals surface area (Å²) in [6, 6.07) is 11.7. The normalized spacial score (nSPS) is 15.6. The summed E-state index contributed by atoms with van der Waals surface area (Å²) in [4.78, 5) is 70.8. The number of aromatic nitrogens is 2. The highest BCUT2D eigenvalue weighted by Crippen LogP contribution is 2.21. The zero-order valence-corrected chi connectivity index (χ0v) is 22.5. The summed E-state index contributed by atoms with van der Waals surface area (Å²) in [6.45, 7) is 1.22. The number of hydrogen-bond acceptors (Lipinski definition) is 8. The van der Waals surface area contributed by atoms with Crippen molar-refractivity contribution in [3.63, 3.8) is 0 Å². The quantitative estimate of drug-likeness (QED) is 0.162. The van der Waals surface area contributed by atoms with Crippen molar-refractivity contribution >= 4 is 52.6 Å². The van der Waals surface area contributed by atoms with E-state index in [1.54, 1.807) is 24.3 Å². The molecule has 0 radical (unpaired) electrons. The number of carbonyl (C=O) groups is 5. The predicted octanol–water partition coefficient (Wildman–Crippen LogP) is 2.36. The monoisotopic (exact) mass is 565 g/mol. The number of aliphatic carboxylic acids is 1. The van der Waals surface area contributed by atoms with Gasteiger partial charge in [0.1, 0.15) is 25.2 Å². The molecule has 2 atom stereocenters. The Kier molecular flexibility index (Phi) is 9.02. The maximum Gasteiger partial charge on any atom is 0.408 e. The topological polar surface area (TPSA) is 186 Å². The van der Waals surface area contributed by atoms with Crippen molar-refractivity contribution in [1.29, 1.82) is 0 Å². The number of aromatic amines is 1. The zero-order valence-electron chi connectivity index (χ0n) is 22.5. The molecular weight excluding hydrogens is 534 g/mol. The number of fused-ring (bicyclic) bond motifs is 1. The second-order valence-corrected chi connectivity index (χ2v) is 9.53. The smallest absolute Gasteiger partial charge is 0.408 e. The fourth-order valence-electron chi connectivity index (χ4n) is 4.28. The molecule has 1 aromatic heterocycles. The molecule has 1 fully saturated rings. The van der Waals surface area contributed by atoms with Crippen LogP contribution in [0.25, 0.3) is 11.0 Å². The zero-order chi connectivity index (χ0) is 29.5. The van der Waals surface area contributed by atoms with Gasteiger partial charge in [-0.3, -0.25) is 19.3 Å². The second-order valence-electron chi connectivity index (χ2n) is 9.53. The summed E-state index contributed by atoms with van der Waals surface area (Å²) in [5, 5.41) is 16.8. The number of amides is 5. The van der Waals surface area contributed by atoms with Gasteiger partial charge in [0, 0.05) is 19.3 Å². The minimum Gasteiger partial charge on any atom is -0.480 e. The van der Waals surface area contributed by atoms with Crippen LogP contribution in [-0.4, -0.2) is 87.0 Å². The molecule has 3 aromatic rings. The number of H-pyrrole nitrogens is 1. The third kappa shape index (κ3) is 7.29. The van der Waals surface area contributed by atoms with E-state index in [0.29, 0.717) is 36.6 Å². The van der Waals surface area contributed by atoms with Gasteiger partial charge in [-0.1, -0.05) is 24.3 Å². The molecular formula is C27H31N7O7. The SMILES string of the molecule is CC(NC(=O)OCc1cccc(NC(=O)CN2C(=O)C(CCCNc3nc4ccccc4[nH]3)N(C)C2=O)c1)C(=O)O. The third-order valence-corrected chi connectivity index (χ3v) is 6.47. The van der Waals surface area contributed by atoms with Crippen molar-refractivity contribution in [3.8, 4) is 0 Å². The van der Waals surface area contributed by atoms with E-state index in [4.69, 9.17) is 9.84 Å². The van der Waals surface area contributed by atoms with Crippen LogP contribution < -0.4 is 16.0 Å². The lowest BCUT2D eigenvalue weighted by Crippen LogP contribution is -2.38. The fourth-order valence-corrected chi connectivity index (χ4v) is 4.28. The number of imidazole rings is 1. The summed E-state index contributed by atoms with van der Waals surface area (Å²) in [5.74, 6) is -1.59. The number of benzene rings is 2.